The molecular weight excluding hydrogens is 697 g/mol. The van der Waals surface area contributed by atoms with Crippen molar-refractivity contribution in [2.75, 3.05) is 124 Å². The lowest BCUT2D eigenvalue weighted by atomic mass is 9.85. The van der Waals surface area contributed by atoms with Crippen LogP contribution in [0.5, 0.6) is 0 Å². The van der Waals surface area contributed by atoms with E-state index in [0.717, 1.165) is 35.5 Å². The Balaban J connectivity index is 0.000000345. The summed E-state index contributed by atoms with van der Waals surface area (Å²) in [5.74, 6) is 6.08. The van der Waals surface area contributed by atoms with Crippen molar-refractivity contribution in [3.63, 3.8) is 0 Å². The van der Waals surface area contributed by atoms with Crippen molar-refractivity contribution in [3.05, 3.63) is 0 Å². The maximum atomic E-state index is 2.34. The Bertz CT molecular complexity index is 823. The standard InChI is InChI=1S/C11H23N.C10H21N.C9H19N.C8H17N.C7H15N.C6H13N/c1-12(2)10-11-8-6-4-3-5-7-9-11;1-11(2)9-10-7-5-3-4-6-8-10;1-10(2)8-9-6-4-3-5-7-9;1-9(2)7-8-5-3-4-6-8;1-8(2)6-7-4-3-5-7;1-7(2)5-6-3-4-6/h11H,3-10H2,1-2H3;10H,3-9H2,1-2H3;9H,3-8H2,1-2H3;8H,3-7H2,1-2H3;7H,3-6H2,1-2H3;6H,3-5H2,1-2H3. The van der Waals surface area contributed by atoms with Crippen LogP contribution >= 0.6 is 0 Å². The Hall–Kier alpha value is -0.240. The Morgan fingerprint density at radius 2 is 0.333 bits per heavy atom. The average Bonchev–Trinajstić information content (AvgIpc) is 3.83. The summed E-state index contributed by atoms with van der Waals surface area (Å²) in [6, 6.07) is 0. The monoisotopic (exact) mass is 805 g/mol. The maximum Gasteiger partial charge on any atom is 0.000356 e. The first-order chi connectivity index (χ1) is 27.2. The minimum atomic E-state index is 0.986. The van der Waals surface area contributed by atoms with Crippen LogP contribution in [0.25, 0.3) is 0 Å². The van der Waals surface area contributed by atoms with Crippen LogP contribution in [0, 0.1) is 35.5 Å². The second-order valence-electron chi connectivity index (χ2n) is 21.5. The molecule has 342 valence electrons. The second-order valence-corrected chi connectivity index (χ2v) is 21.5. The molecule has 0 bridgehead atoms. The van der Waals surface area contributed by atoms with Gasteiger partial charge in [0.25, 0.3) is 0 Å². The highest BCUT2D eigenvalue weighted by atomic mass is 15.1. The van der Waals surface area contributed by atoms with E-state index >= 15 is 0 Å². The van der Waals surface area contributed by atoms with Crippen LogP contribution in [0.1, 0.15) is 173 Å². The van der Waals surface area contributed by atoms with Gasteiger partial charge < -0.3 is 29.4 Å². The topological polar surface area (TPSA) is 19.4 Å². The quantitative estimate of drug-likeness (QED) is 0.182. The fraction of sp³-hybridized carbons (Fsp3) is 1.00. The fourth-order valence-corrected chi connectivity index (χ4v) is 9.91. The Morgan fingerprint density at radius 3 is 0.474 bits per heavy atom. The zero-order valence-corrected chi connectivity index (χ0v) is 41.5. The van der Waals surface area contributed by atoms with Crippen LogP contribution in [0.3, 0.4) is 0 Å². The van der Waals surface area contributed by atoms with Crippen LogP contribution in [0.4, 0.5) is 0 Å². The highest BCUT2D eigenvalue weighted by molar-refractivity contribution is 4.75. The van der Waals surface area contributed by atoms with E-state index in [1.54, 1.807) is 0 Å². The van der Waals surface area contributed by atoms with Gasteiger partial charge in [-0.25, -0.2) is 0 Å². The normalized spacial score (nSPS) is 21.8. The maximum absolute atomic E-state index is 2.34. The Morgan fingerprint density at radius 1 is 0.193 bits per heavy atom. The van der Waals surface area contributed by atoms with Gasteiger partial charge in [-0.15, -0.1) is 0 Å². The van der Waals surface area contributed by atoms with Gasteiger partial charge in [-0.3, -0.25) is 0 Å². The van der Waals surface area contributed by atoms with Gasteiger partial charge in [0.1, 0.15) is 0 Å². The second kappa shape index (κ2) is 35.4. The molecular formula is C51H108N6. The van der Waals surface area contributed by atoms with Crippen molar-refractivity contribution in [2.24, 2.45) is 35.5 Å². The number of hydrogen-bond donors (Lipinski definition) is 0. The van der Waals surface area contributed by atoms with Crippen LogP contribution in [0.15, 0.2) is 0 Å². The molecule has 0 radical (unpaired) electrons. The minimum absolute atomic E-state index is 0.986. The van der Waals surface area contributed by atoms with Crippen LogP contribution in [0.2, 0.25) is 0 Å². The van der Waals surface area contributed by atoms with Gasteiger partial charge >= 0.3 is 0 Å². The van der Waals surface area contributed by atoms with Crippen molar-refractivity contribution in [3.8, 4) is 0 Å². The number of rotatable bonds is 12. The van der Waals surface area contributed by atoms with Crippen molar-refractivity contribution >= 4 is 0 Å². The molecule has 0 N–H and O–H groups in total. The third kappa shape index (κ3) is 36.2. The summed E-state index contributed by atoms with van der Waals surface area (Å²) < 4.78 is 0. The van der Waals surface area contributed by atoms with Crippen LogP contribution in [-0.4, -0.2) is 153 Å². The first-order valence-electron chi connectivity index (χ1n) is 25.1. The van der Waals surface area contributed by atoms with Gasteiger partial charge in [0.05, 0.1) is 0 Å². The molecule has 6 heteroatoms. The summed E-state index contributed by atoms with van der Waals surface area (Å²) in [5, 5.41) is 0. The third-order valence-electron chi connectivity index (χ3n) is 13.1. The van der Waals surface area contributed by atoms with E-state index in [9.17, 15) is 0 Å². The van der Waals surface area contributed by atoms with Gasteiger partial charge in [-0.1, -0.05) is 96.3 Å². The fourth-order valence-electron chi connectivity index (χ4n) is 9.91. The summed E-state index contributed by atoms with van der Waals surface area (Å²) in [4.78, 5) is 13.8. The molecule has 6 aliphatic carbocycles. The van der Waals surface area contributed by atoms with Crippen LogP contribution in [-0.2, 0) is 0 Å². The lowest BCUT2D eigenvalue weighted by Crippen LogP contribution is -2.26. The summed E-state index contributed by atoms with van der Waals surface area (Å²) in [5.41, 5.74) is 0. The van der Waals surface area contributed by atoms with E-state index in [0.29, 0.717) is 0 Å². The highest BCUT2D eigenvalue weighted by Gasteiger charge is 2.21. The molecule has 0 aromatic heterocycles. The molecule has 0 aliphatic heterocycles. The van der Waals surface area contributed by atoms with Gasteiger partial charge in [0, 0.05) is 39.3 Å². The zero-order chi connectivity index (χ0) is 42.3. The molecule has 6 nitrogen and oxygen atoms in total. The first kappa shape index (κ1) is 54.8. The molecule has 6 fully saturated rings. The molecule has 0 spiro atoms. The average molecular weight is 805 g/mol. The molecule has 0 saturated heterocycles. The molecule has 6 saturated carbocycles. The molecule has 0 atom stereocenters. The molecule has 6 rings (SSSR count). The van der Waals surface area contributed by atoms with E-state index in [1.807, 2.05) is 0 Å². The summed E-state index contributed by atoms with van der Waals surface area (Å²) >= 11 is 0. The molecule has 0 aromatic carbocycles. The van der Waals surface area contributed by atoms with E-state index < -0.39 is 0 Å². The molecule has 0 aromatic rings. The van der Waals surface area contributed by atoms with E-state index in [1.165, 1.54) is 213 Å². The predicted octanol–water partition coefficient (Wildman–Crippen LogP) is 11.6. The van der Waals surface area contributed by atoms with Gasteiger partial charge in [0.15, 0.2) is 0 Å². The smallest absolute Gasteiger partial charge is 0.000356 e. The summed E-state index contributed by atoms with van der Waals surface area (Å²) in [7, 11) is 26.0. The number of hydrogen-bond acceptors (Lipinski definition) is 6. The Kier molecular flexibility index (Phi) is 34.0. The van der Waals surface area contributed by atoms with Gasteiger partial charge in [0.2, 0.25) is 0 Å². The summed E-state index contributed by atoms with van der Waals surface area (Å²) in [6.07, 6.45) is 39.7. The lowest BCUT2D eigenvalue weighted by Gasteiger charge is -2.27. The predicted molar refractivity (Wildman–Crippen MR) is 257 cm³/mol. The lowest BCUT2D eigenvalue weighted by molar-refractivity contribution is 0.230. The van der Waals surface area contributed by atoms with Gasteiger partial charge in [-0.2, -0.15) is 0 Å². The SMILES string of the molecule is CN(C)CC1CC1.CN(C)CC1CCC1.CN(C)CC1CCCC1.CN(C)CC1CCCCC1.CN(C)CC1CCCCCC1.CN(C)CC1CCCCCCC1. The molecule has 6 aliphatic rings. The summed E-state index contributed by atoms with van der Waals surface area (Å²) in [6.45, 7) is 7.83. The highest BCUT2D eigenvalue weighted by Crippen LogP contribution is 2.29. The van der Waals surface area contributed by atoms with Crippen molar-refractivity contribution in [2.45, 2.75) is 173 Å². The minimum Gasteiger partial charge on any atom is -0.309 e. The third-order valence-corrected chi connectivity index (χ3v) is 13.1. The number of nitrogens with zero attached hydrogens (tertiary/aromatic N) is 6. The van der Waals surface area contributed by atoms with Crippen molar-refractivity contribution in [1.29, 1.82) is 0 Å². The Labute approximate surface area is 361 Å². The zero-order valence-electron chi connectivity index (χ0n) is 41.5. The molecule has 0 amide bonds. The van der Waals surface area contributed by atoms with E-state index in [4.69, 9.17) is 0 Å². The van der Waals surface area contributed by atoms with Crippen LogP contribution < -0.4 is 0 Å². The first-order valence-corrected chi connectivity index (χ1v) is 25.1. The van der Waals surface area contributed by atoms with Crippen molar-refractivity contribution in [1.82, 2.24) is 29.4 Å². The van der Waals surface area contributed by atoms with Gasteiger partial charge in [-0.05, 0) is 197 Å². The molecule has 57 heavy (non-hydrogen) atoms. The molecule has 0 heterocycles. The largest absolute Gasteiger partial charge is 0.309 e. The van der Waals surface area contributed by atoms with E-state index in [-0.39, 0.29) is 0 Å². The molecule has 0 unspecified atom stereocenters. The van der Waals surface area contributed by atoms with E-state index in [2.05, 4.69) is 114 Å². The van der Waals surface area contributed by atoms with Crippen molar-refractivity contribution < 1.29 is 0 Å².